The molecule has 1 amide bonds. The summed E-state index contributed by atoms with van der Waals surface area (Å²) >= 11 is 1.74. The molecular formula is C18H24N4OS. The molecule has 2 aliphatic rings. The molecule has 2 fully saturated rings. The number of anilines is 1. The minimum Gasteiger partial charge on any atom is -0.369 e. The molecule has 24 heavy (non-hydrogen) atoms. The molecule has 0 aromatic heterocycles. The molecule has 0 aliphatic carbocycles. The first-order valence-corrected chi connectivity index (χ1v) is 9.69. The molecule has 3 rings (SSSR count). The fourth-order valence-electron chi connectivity index (χ4n) is 3.24. The van der Waals surface area contributed by atoms with Crippen molar-refractivity contribution in [3.05, 3.63) is 30.3 Å². The number of carbonyl (C=O) groups is 1. The molecule has 1 N–H and O–H groups in total. The third-order valence-electron chi connectivity index (χ3n) is 4.76. The van der Waals surface area contributed by atoms with Gasteiger partial charge in [0.1, 0.15) is 5.54 Å². The Morgan fingerprint density at radius 1 is 1.25 bits per heavy atom. The van der Waals surface area contributed by atoms with Crippen LogP contribution in [0.4, 0.5) is 5.69 Å². The topological polar surface area (TPSA) is 59.4 Å². The lowest BCUT2D eigenvalue weighted by Gasteiger charge is -2.36. The quantitative estimate of drug-likeness (QED) is 0.881. The summed E-state index contributed by atoms with van der Waals surface area (Å²) in [7, 11) is 0. The Labute approximate surface area is 148 Å². The molecule has 2 heterocycles. The first-order valence-electron chi connectivity index (χ1n) is 8.53. The lowest BCUT2D eigenvalue weighted by Crippen LogP contribution is -2.50. The second-order valence-electron chi connectivity index (χ2n) is 6.46. The van der Waals surface area contributed by atoms with Crippen LogP contribution in [-0.2, 0) is 4.79 Å². The number of para-hydroxylation sites is 1. The van der Waals surface area contributed by atoms with E-state index in [1.165, 1.54) is 5.69 Å². The number of hydrogen-bond acceptors (Lipinski definition) is 5. The Morgan fingerprint density at radius 3 is 2.62 bits per heavy atom. The molecule has 0 bridgehead atoms. The number of piperazine rings is 1. The van der Waals surface area contributed by atoms with E-state index in [1.54, 1.807) is 11.8 Å². The predicted molar refractivity (Wildman–Crippen MR) is 98.1 cm³/mol. The van der Waals surface area contributed by atoms with Crippen molar-refractivity contribution in [1.29, 1.82) is 5.26 Å². The van der Waals surface area contributed by atoms with Crippen LogP contribution >= 0.6 is 11.8 Å². The van der Waals surface area contributed by atoms with Crippen molar-refractivity contribution in [3.8, 4) is 6.07 Å². The summed E-state index contributed by atoms with van der Waals surface area (Å²) < 4.78 is 0. The van der Waals surface area contributed by atoms with Crippen molar-refractivity contribution < 1.29 is 4.79 Å². The van der Waals surface area contributed by atoms with Gasteiger partial charge in [-0.3, -0.25) is 9.69 Å². The molecular weight excluding hydrogens is 320 g/mol. The minimum absolute atomic E-state index is 0.00420. The summed E-state index contributed by atoms with van der Waals surface area (Å²) in [6, 6.07) is 12.8. The molecule has 5 nitrogen and oxygen atoms in total. The second-order valence-corrected chi connectivity index (χ2v) is 7.56. The maximum absolute atomic E-state index is 12.2. The Kier molecular flexibility index (Phi) is 5.64. The van der Waals surface area contributed by atoms with Gasteiger partial charge in [-0.1, -0.05) is 18.2 Å². The van der Waals surface area contributed by atoms with Crippen molar-refractivity contribution >= 4 is 23.4 Å². The average Bonchev–Trinajstić information content (AvgIpc) is 3.10. The number of benzene rings is 1. The van der Waals surface area contributed by atoms with E-state index in [1.807, 2.05) is 6.07 Å². The van der Waals surface area contributed by atoms with E-state index in [0.717, 1.165) is 44.9 Å². The standard InChI is InChI=1S/C18H24N4OS/c19-14-18(7-13-24-15-18)20-17(23)6-8-21-9-11-22(12-10-21)16-4-2-1-3-5-16/h1-5H,6-13,15H2,(H,20,23)/t18-/m1/s1. The van der Waals surface area contributed by atoms with Crippen LogP contribution in [0.25, 0.3) is 0 Å². The van der Waals surface area contributed by atoms with Crippen LogP contribution in [0.1, 0.15) is 12.8 Å². The number of nitrogens with one attached hydrogen (secondary N) is 1. The number of amides is 1. The largest absolute Gasteiger partial charge is 0.369 e. The lowest BCUT2D eigenvalue weighted by atomic mass is 10.0. The monoisotopic (exact) mass is 344 g/mol. The lowest BCUT2D eigenvalue weighted by molar-refractivity contribution is -0.122. The Morgan fingerprint density at radius 2 is 2.00 bits per heavy atom. The molecule has 1 atom stereocenters. The molecule has 6 heteroatoms. The fourth-order valence-corrected chi connectivity index (χ4v) is 4.50. The normalized spacial score (nSPS) is 24.5. The first kappa shape index (κ1) is 17.1. The van der Waals surface area contributed by atoms with Gasteiger partial charge in [-0.15, -0.1) is 0 Å². The van der Waals surface area contributed by atoms with Crippen molar-refractivity contribution in [2.75, 3.05) is 49.1 Å². The fraction of sp³-hybridized carbons (Fsp3) is 0.556. The molecule has 0 spiro atoms. The molecule has 128 valence electrons. The van der Waals surface area contributed by atoms with Gasteiger partial charge in [0.05, 0.1) is 6.07 Å². The van der Waals surface area contributed by atoms with Gasteiger partial charge in [0.25, 0.3) is 0 Å². The van der Waals surface area contributed by atoms with E-state index in [2.05, 4.69) is 45.5 Å². The molecule has 2 saturated heterocycles. The number of rotatable bonds is 5. The van der Waals surface area contributed by atoms with Gasteiger partial charge in [0.2, 0.25) is 5.91 Å². The molecule has 0 radical (unpaired) electrons. The van der Waals surface area contributed by atoms with E-state index in [-0.39, 0.29) is 5.91 Å². The SMILES string of the molecule is N#C[C@]1(NC(=O)CCN2CCN(c3ccccc3)CC2)CCSC1. The molecule has 1 aromatic carbocycles. The van der Waals surface area contributed by atoms with Gasteiger partial charge in [0.15, 0.2) is 0 Å². The molecule has 1 aromatic rings. The summed E-state index contributed by atoms with van der Waals surface area (Å²) in [5, 5.41) is 12.3. The van der Waals surface area contributed by atoms with Gasteiger partial charge in [-0.05, 0) is 24.3 Å². The predicted octanol–water partition coefficient (Wildman–Crippen LogP) is 1.71. The van der Waals surface area contributed by atoms with Gasteiger partial charge < -0.3 is 10.2 Å². The number of thioether (sulfide) groups is 1. The number of nitrogens with zero attached hydrogens (tertiary/aromatic N) is 3. The van der Waals surface area contributed by atoms with Crippen LogP contribution < -0.4 is 10.2 Å². The Balaban J connectivity index is 1.40. The highest BCUT2D eigenvalue weighted by Gasteiger charge is 2.35. The van der Waals surface area contributed by atoms with Gasteiger partial charge in [-0.25, -0.2) is 0 Å². The Hall–Kier alpha value is -1.71. The highest BCUT2D eigenvalue weighted by atomic mass is 32.2. The summed E-state index contributed by atoms with van der Waals surface area (Å²) in [6.07, 6.45) is 1.23. The highest BCUT2D eigenvalue weighted by Crippen LogP contribution is 2.27. The summed E-state index contributed by atoms with van der Waals surface area (Å²) in [4.78, 5) is 16.9. The van der Waals surface area contributed by atoms with E-state index in [0.29, 0.717) is 12.2 Å². The molecule has 0 saturated carbocycles. The average molecular weight is 344 g/mol. The second kappa shape index (κ2) is 7.91. The Bertz CT molecular complexity index is 587. The van der Waals surface area contributed by atoms with Crippen LogP contribution in [0.5, 0.6) is 0 Å². The van der Waals surface area contributed by atoms with Crippen LogP contribution in [0.15, 0.2) is 30.3 Å². The zero-order valence-corrected chi connectivity index (χ0v) is 14.7. The van der Waals surface area contributed by atoms with Crippen LogP contribution in [-0.4, -0.2) is 60.6 Å². The number of carbonyl (C=O) groups excluding carboxylic acids is 1. The van der Waals surface area contributed by atoms with Crippen molar-refractivity contribution in [2.24, 2.45) is 0 Å². The van der Waals surface area contributed by atoms with Crippen LogP contribution in [0, 0.1) is 11.3 Å². The number of nitriles is 1. The van der Waals surface area contributed by atoms with Crippen LogP contribution in [0.3, 0.4) is 0 Å². The maximum Gasteiger partial charge on any atom is 0.222 e. The first-order chi connectivity index (χ1) is 11.7. The van der Waals surface area contributed by atoms with Crippen molar-refractivity contribution in [1.82, 2.24) is 10.2 Å². The van der Waals surface area contributed by atoms with Gasteiger partial charge in [0, 0.05) is 50.6 Å². The van der Waals surface area contributed by atoms with E-state index >= 15 is 0 Å². The number of hydrogen-bond donors (Lipinski definition) is 1. The third kappa shape index (κ3) is 4.22. The summed E-state index contributed by atoms with van der Waals surface area (Å²) in [5.41, 5.74) is 0.637. The van der Waals surface area contributed by atoms with E-state index < -0.39 is 5.54 Å². The van der Waals surface area contributed by atoms with Crippen molar-refractivity contribution in [2.45, 2.75) is 18.4 Å². The van der Waals surface area contributed by atoms with E-state index in [9.17, 15) is 10.1 Å². The molecule has 2 aliphatic heterocycles. The molecule has 0 unspecified atom stereocenters. The third-order valence-corrected chi connectivity index (χ3v) is 5.95. The zero-order chi connectivity index (χ0) is 16.8. The highest BCUT2D eigenvalue weighted by molar-refractivity contribution is 7.99. The summed E-state index contributed by atoms with van der Waals surface area (Å²) in [5.74, 6) is 1.67. The van der Waals surface area contributed by atoms with Crippen molar-refractivity contribution in [3.63, 3.8) is 0 Å². The van der Waals surface area contributed by atoms with E-state index in [4.69, 9.17) is 0 Å². The van der Waals surface area contributed by atoms with Gasteiger partial charge in [-0.2, -0.15) is 17.0 Å². The zero-order valence-electron chi connectivity index (χ0n) is 13.9. The smallest absolute Gasteiger partial charge is 0.222 e. The van der Waals surface area contributed by atoms with Gasteiger partial charge >= 0.3 is 0 Å². The van der Waals surface area contributed by atoms with Crippen LogP contribution in [0.2, 0.25) is 0 Å². The minimum atomic E-state index is -0.631. The summed E-state index contributed by atoms with van der Waals surface area (Å²) in [6.45, 7) is 4.70. The maximum atomic E-state index is 12.2.